The van der Waals surface area contributed by atoms with Crippen LogP contribution in [0.15, 0.2) is 91.0 Å². The summed E-state index contributed by atoms with van der Waals surface area (Å²) in [6, 6.07) is 32.5. The number of benzene rings is 4. The van der Waals surface area contributed by atoms with E-state index in [0.717, 1.165) is 30.6 Å². The molecule has 0 unspecified atom stereocenters. The Balaban J connectivity index is 1.70. The van der Waals surface area contributed by atoms with Crippen molar-refractivity contribution in [3.05, 3.63) is 96.6 Å². The fourth-order valence-corrected chi connectivity index (χ4v) is 4.84. The molecule has 0 aliphatic carbocycles. The van der Waals surface area contributed by atoms with Crippen molar-refractivity contribution in [3.8, 4) is 33.4 Å². The first kappa shape index (κ1) is 26.5. The van der Waals surface area contributed by atoms with Crippen molar-refractivity contribution in [2.45, 2.75) is 58.4 Å². The fourth-order valence-electron chi connectivity index (χ4n) is 4.84. The molecule has 3 heteroatoms. The van der Waals surface area contributed by atoms with Gasteiger partial charge in [-0.15, -0.1) is 0 Å². The Hall–Kier alpha value is -3.56. The Labute approximate surface area is 222 Å². The second-order valence-corrected chi connectivity index (χ2v) is 10.1. The van der Waals surface area contributed by atoms with Crippen molar-refractivity contribution >= 4 is 11.4 Å². The molecule has 0 heterocycles. The molecule has 192 valence electrons. The predicted molar refractivity (Wildman–Crippen MR) is 162 cm³/mol. The molecular formula is C34H41N3. The first-order valence-electron chi connectivity index (χ1n) is 13.7. The van der Waals surface area contributed by atoms with Gasteiger partial charge in [0.15, 0.2) is 0 Å². The Bertz CT molecular complexity index is 1270. The van der Waals surface area contributed by atoms with E-state index in [1.807, 2.05) is 12.1 Å². The molecule has 0 aliphatic heterocycles. The van der Waals surface area contributed by atoms with Crippen LogP contribution in [0.4, 0.5) is 11.4 Å². The van der Waals surface area contributed by atoms with Crippen molar-refractivity contribution < 1.29 is 0 Å². The summed E-state index contributed by atoms with van der Waals surface area (Å²) in [6.45, 7) is 7.56. The smallest absolute Gasteiger partial charge is 0.0404 e. The molecule has 0 saturated heterocycles. The molecule has 0 aromatic heterocycles. The number of nitrogens with two attached hydrogens (primary N) is 2. The lowest BCUT2D eigenvalue weighted by atomic mass is 9.85. The first-order valence-corrected chi connectivity index (χ1v) is 13.7. The SMILES string of the molecule is CCCCCNc1ccc(-c2cc(-c3ccc(N)cc3)cc(-c3ccc(C(N)(CC)CC)cc3)c2)cc1. The summed E-state index contributed by atoms with van der Waals surface area (Å²) < 4.78 is 0. The molecule has 4 aromatic rings. The van der Waals surface area contributed by atoms with E-state index < -0.39 is 0 Å². The van der Waals surface area contributed by atoms with E-state index in [2.05, 4.69) is 105 Å². The van der Waals surface area contributed by atoms with E-state index >= 15 is 0 Å². The van der Waals surface area contributed by atoms with Crippen LogP contribution in [0.5, 0.6) is 0 Å². The molecule has 4 aromatic carbocycles. The zero-order chi connectivity index (χ0) is 26.3. The minimum absolute atomic E-state index is 0.276. The van der Waals surface area contributed by atoms with Gasteiger partial charge in [-0.25, -0.2) is 0 Å². The quantitative estimate of drug-likeness (QED) is 0.145. The van der Waals surface area contributed by atoms with E-state index in [1.54, 1.807) is 0 Å². The molecule has 37 heavy (non-hydrogen) atoms. The lowest BCUT2D eigenvalue weighted by molar-refractivity contribution is 0.413. The lowest BCUT2D eigenvalue weighted by Crippen LogP contribution is -2.34. The van der Waals surface area contributed by atoms with E-state index in [4.69, 9.17) is 11.5 Å². The van der Waals surface area contributed by atoms with Crippen LogP contribution in [0, 0.1) is 0 Å². The van der Waals surface area contributed by atoms with Gasteiger partial charge >= 0.3 is 0 Å². The average molecular weight is 492 g/mol. The van der Waals surface area contributed by atoms with E-state index in [9.17, 15) is 0 Å². The largest absolute Gasteiger partial charge is 0.399 e. The van der Waals surface area contributed by atoms with Gasteiger partial charge in [0, 0.05) is 23.5 Å². The van der Waals surface area contributed by atoms with Crippen molar-refractivity contribution in [1.29, 1.82) is 0 Å². The van der Waals surface area contributed by atoms with Crippen LogP contribution in [0.2, 0.25) is 0 Å². The average Bonchev–Trinajstić information content (AvgIpc) is 2.95. The molecule has 0 spiro atoms. The summed E-state index contributed by atoms with van der Waals surface area (Å²) in [7, 11) is 0. The Morgan fingerprint density at radius 2 is 1.05 bits per heavy atom. The number of nitrogen functional groups attached to an aromatic ring is 1. The van der Waals surface area contributed by atoms with Crippen LogP contribution in [-0.2, 0) is 5.54 Å². The van der Waals surface area contributed by atoms with E-state index in [1.165, 1.54) is 58.3 Å². The van der Waals surface area contributed by atoms with Crippen LogP contribution in [0.25, 0.3) is 33.4 Å². The minimum Gasteiger partial charge on any atom is -0.399 e. The van der Waals surface area contributed by atoms with Gasteiger partial charge in [0.1, 0.15) is 0 Å². The number of nitrogens with one attached hydrogen (secondary N) is 1. The normalized spacial score (nSPS) is 11.5. The number of anilines is 2. The van der Waals surface area contributed by atoms with Crippen LogP contribution >= 0.6 is 0 Å². The van der Waals surface area contributed by atoms with Gasteiger partial charge in [-0.1, -0.05) is 82.1 Å². The highest BCUT2D eigenvalue weighted by Gasteiger charge is 2.22. The van der Waals surface area contributed by atoms with E-state index in [0.29, 0.717) is 0 Å². The molecule has 0 bridgehead atoms. The molecule has 0 radical (unpaired) electrons. The summed E-state index contributed by atoms with van der Waals surface area (Å²) in [6.07, 6.45) is 5.54. The van der Waals surface area contributed by atoms with Gasteiger partial charge in [0.2, 0.25) is 0 Å². The Morgan fingerprint density at radius 3 is 1.51 bits per heavy atom. The van der Waals surface area contributed by atoms with Crippen molar-refractivity contribution in [3.63, 3.8) is 0 Å². The van der Waals surface area contributed by atoms with E-state index in [-0.39, 0.29) is 5.54 Å². The maximum atomic E-state index is 6.66. The van der Waals surface area contributed by atoms with Gasteiger partial charge in [0.05, 0.1) is 0 Å². The standard InChI is InChI=1S/C34H41N3/c1-4-7-8-21-37-33-19-13-27(14-20-33)30-23-28(22-29(24-30)26-11-17-32(35)18-12-26)25-9-15-31(16-10-25)34(36,5-2)6-3/h9-20,22-24,37H,4-8,21,35-36H2,1-3H3. The Kier molecular flexibility index (Phi) is 8.68. The molecule has 0 fully saturated rings. The molecule has 0 aliphatic rings. The molecule has 0 atom stereocenters. The number of unbranched alkanes of at least 4 members (excludes halogenated alkanes) is 2. The molecule has 0 amide bonds. The highest BCUT2D eigenvalue weighted by molar-refractivity contribution is 5.82. The van der Waals surface area contributed by atoms with Crippen LogP contribution in [0.3, 0.4) is 0 Å². The van der Waals surface area contributed by atoms with Crippen molar-refractivity contribution in [2.75, 3.05) is 17.6 Å². The second kappa shape index (κ2) is 12.1. The number of hydrogen-bond donors (Lipinski definition) is 3. The monoisotopic (exact) mass is 491 g/mol. The maximum absolute atomic E-state index is 6.66. The topological polar surface area (TPSA) is 64.1 Å². The van der Waals surface area contributed by atoms with Gasteiger partial charge in [-0.2, -0.15) is 0 Å². The number of hydrogen-bond acceptors (Lipinski definition) is 3. The third kappa shape index (κ3) is 6.42. The van der Waals surface area contributed by atoms with Gasteiger partial charge in [-0.05, 0) is 101 Å². The Morgan fingerprint density at radius 1 is 0.595 bits per heavy atom. The third-order valence-electron chi connectivity index (χ3n) is 7.56. The number of rotatable bonds is 11. The van der Waals surface area contributed by atoms with Gasteiger partial charge < -0.3 is 16.8 Å². The van der Waals surface area contributed by atoms with Gasteiger partial charge in [0.25, 0.3) is 0 Å². The molecular weight excluding hydrogens is 450 g/mol. The second-order valence-electron chi connectivity index (χ2n) is 10.1. The fraction of sp³-hybridized carbons (Fsp3) is 0.294. The highest BCUT2D eigenvalue weighted by Crippen LogP contribution is 2.35. The third-order valence-corrected chi connectivity index (χ3v) is 7.56. The van der Waals surface area contributed by atoms with Crippen LogP contribution in [0.1, 0.15) is 58.4 Å². The molecule has 3 nitrogen and oxygen atoms in total. The predicted octanol–water partition coefficient (Wildman–Crippen LogP) is 8.85. The summed E-state index contributed by atoms with van der Waals surface area (Å²) in [5.41, 5.74) is 22.6. The van der Waals surface area contributed by atoms with Crippen LogP contribution < -0.4 is 16.8 Å². The zero-order valence-electron chi connectivity index (χ0n) is 22.6. The lowest BCUT2D eigenvalue weighted by Gasteiger charge is -2.27. The van der Waals surface area contributed by atoms with Crippen molar-refractivity contribution in [1.82, 2.24) is 0 Å². The molecule has 5 N–H and O–H groups in total. The van der Waals surface area contributed by atoms with Crippen LogP contribution in [-0.4, -0.2) is 6.54 Å². The summed E-state index contributed by atoms with van der Waals surface area (Å²) in [4.78, 5) is 0. The summed E-state index contributed by atoms with van der Waals surface area (Å²) in [5, 5.41) is 3.54. The first-order chi connectivity index (χ1) is 18.0. The minimum atomic E-state index is -0.276. The van der Waals surface area contributed by atoms with Crippen molar-refractivity contribution in [2.24, 2.45) is 5.73 Å². The molecule has 4 rings (SSSR count). The maximum Gasteiger partial charge on any atom is 0.0404 e. The molecule has 0 saturated carbocycles. The summed E-state index contributed by atoms with van der Waals surface area (Å²) in [5.74, 6) is 0. The zero-order valence-corrected chi connectivity index (χ0v) is 22.6. The highest BCUT2D eigenvalue weighted by atomic mass is 14.9. The van der Waals surface area contributed by atoms with Gasteiger partial charge in [-0.3, -0.25) is 0 Å². The summed E-state index contributed by atoms with van der Waals surface area (Å²) >= 11 is 0.